The molecule has 6 nitrogen and oxygen atoms in total. The zero-order valence-electron chi connectivity index (χ0n) is 18.2. The number of hydrogen-bond donors (Lipinski definition) is 0. The summed E-state index contributed by atoms with van der Waals surface area (Å²) in [5.74, 6) is 0.261. The Kier molecular flexibility index (Phi) is 7.98. The maximum Gasteiger partial charge on any atom is 0.240 e. The lowest BCUT2D eigenvalue weighted by Gasteiger charge is -2.30. The van der Waals surface area contributed by atoms with Crippen molar-refractivity contribution in [3.05, 3.63) is 55.1 Å². The minimum Gasteiger partial charge on any atom is -0.497 e. The fourth-order valence-electron chi connectivity index (χ4n) is 3.75. The molecule has 1 atom stereocenters. The average Bonchev–Trinajstić information content (AvgIpc) is 2.96. The average molecular weight is 413 g/mol. The van der Waals surface area contributed by atoms with Gasteiger partial charge in [-0.05, 0) is 30.0 Å². The number of benzene rings is 1. The molecule has 3 amide bonds. The lowest BCUT2D eigenvalue weighted by molar-refractivity contribution is -0.142. The second-order valence-electron chi connectivity index (χ2n) is 8.07. The first kappa shape index (κ1) is 23.4. The number of likely N-dealkylation sites (tertiary alicyclic amines) is 1. The van der Waals surface area contributed by atoms with E-state index in [4.69, 9.17) is 4.74 Å². The van der Waals surface area contributed by atoms with Crippen molar-refractivity contribution in [3.63, 3.8) is 0 Å². The first-order chi connectivity index (χ1) is 14.3. The zero-order valence-corrected chi connectivity index (χ0v) is 18.2. The Labute approximate surface area is 179 Å². The molecule has 0 radical (unpaired) electrons. The molecular formula is C24H32N2O4. The Bertz CT molecular complexity index is 790. The minimum atomic E-state index is -1.21. The number of carbonyl (C=O) groups is 3. The summed E-state index contributed by atoms with van der Waals surface area (Å²) in [5.41, 5.74) is -0.558. The van der Waals surface area contributed by atoms with Gasteiger partial charge in [0.15, 0.2) is 0 Å². The first-order valence-corrected chi connectivity index (χ1v) is 10.3. The lowest BCUT2D eigenvalue weighted by atomic mass is 9.75. The standard InChI is InChI=1S/C24H32N2O4/c1-6-13-25(14-7-2)21(27)16-24(19-8-10-20(30-5)11-9-19)17-22(28)26(23(24)29)15-12-18(3)4/h6-11,18H,1-2,12-17H2,3-5H3/t24-/m1/s1. The van der Waals surface area contributed by atoms with E-state index in [9.17, 15) is 14.4 Å². The van der Waals surface area contributed by atoms with Crippen molar-refractivity contribution >= 4 is 17.7 Å². The molecule has 2 rings (SSSR count). The van der Waals surface area contributed by atoms with Gasteiger partial charge in [-0.3, -0.25) is 19.3 Å². The van der Waals surface area contributed by atoms with Crippen LogP contribution in [-0.2, 0) is 19.8 Å². The molecule has 1 aliphatic heterocycles. The molecule has 0 N–H and O–H groups in total. The van der Waals surface area contributed by atoms with Gasteiger partial charge in [-0.15, -0.1) is 13.2 Å². The Morgan fingerprint density at radius 3 is 2.30 bits per heavy atom. The van der Waals surface area contributed by atoms with Gasteiger partial charge in [-0.25, -0.2) is 0 Å². The van der Waals surface area contributed by atoms with E-state index in [-0.39, 0.29) is 30.6 Å². The number of methoxy groups -OCH3 is 1. The number of ether oxygens (including phenoxy) is 1. The molecule has 0 spiro atoms. The molecule has 1 aromatic carbocycles. The number of imide groups is 1. The van der Waals surface area contributed by atoms with Crippen molar-refractivity contribution in [2.24, 2.45) is 5.92 Å². The van der Waals surface area contributed by atoms with Gasteiger partial charge in [-0.1, -0.05) is 38.1 Å². The Balaban J connectivity index is 2.43. The third-order valence-corrected chi connectivity index (χ3v) is 5.49. The maximum absolute atomic E-state index is 13.5. The summed E-state index contributed by atoms with van der Waals surface area (Å²) in [7, 11) is 1.56. The van der Waals surface area contributed by atoms with Crippen LogP contribution in [0.5, 0.6) is 5.75 Å². The Hall–Kier alpha value is -2.89. The molecule has 1 aromatic rings. The van der Waals surface area contributed by atoms with Gasteiger partial charge in [-0.2, -0.15) is 0 Å². The molecule has 1 heterocycles. The van der Waals surface area contributed by atoms with Crippen molar-refractivity contribution in [2.75, 3.05) is 26.7 Å². The van der Waals surface area contributed by atoms with E-state index in [1.54, 1.807) is 48.4 Å². The molecule has 6 heteroatoms. The lowest BCUT2D eigenvalue weighted by Crippen LogP contribution is -2.44. The summed E-state index contributed by atoms with van der Waals surface area (Å²) in [4.78, 5) is 42.4. The summed E-state index contributed by atoms with van der Waals surface area (Å²) in [5, 5.41) is 0. The van der Waals surface area contributed by atoms with Crippen LogP contribution in [0.25, 0.3) is 0 Å². The van der Waals surface area contributed by atoms with Crippen LogP contribution < -0.4 is 4.74 Å². The number of rotatable bonds is 11. The van der Waals surface area contributed by atoms with E-state index in [0.717, 1.165) is 6.42 Å². The van der Waals surface area contributed by atoms with Crippen LogP contribution in [0.3, 0.4) is 0 Å². The summed E-state index contributed by atoms with van der Waals surface area (Å²) in [6, 6.07) is 7.05. The quantitative estimate of drug-likeness (QED) is 0.413. The highest BCUT2D eigenvalue weighted by atomic mass is 16.5. The maximum atomic E-state index is 13.5. The van der Waals surface area contributed by atoms with Crippen molar-refractivity contribution in [2.45, 2.75) is 38.5 Å². The molecule has 0 saturated carbocycles. The monoisotopic (exact) mass is 412 g/mol. The Morgan fingerprint density at radius 2 is 1.80 bits per heavy atom. The van der Waals surface area contributed by atoms with E-state index >= 15 is 0 Å². The highest BCUT2D eigenvalue weighted by Crippen LogP contribution is 2.41. The smallest absolute Gasteiger partial charge is 0.240 e. The van der Waals surface area contributed by atoms with Gasteiger partial charge in [0.05, 0.1) is 12.5 Å². The number of carbonyl (C=O) groups excluding carboxylic acids is 3. The van der Waals surface area contributed by atoms with Crippen LogP contribution >= 0.6 is 0 Å². The van der Waals surface area contributed by atoms with E-state index in [1.807, 2.05) is 13.8 Å². The van der Waals surface area contributed by atoms with Crippen LogP contribution in [0.2, 0.25) is 0 Å². The van der Waals surface area contributed by atoms with Crippen LogP contribution in [0, 0.1) is 5.92 Å². The third kappa shape index (κ3) is 4.99. The fourth-order valence-corrected chi connectivity index (χ4v) is 3.75. The first-order valence-electron chi connectivity index (χ1n) is 10.3. The van der Waals surface area contributed by atoms with Crippen molar-refractivity contribution in [1.82, 2.24) is 9.80 Å². The van der Waals surface area contributed by atoms with Crippen molar-refractivity contribution < 1.29 is 19.1 Å². The van der Waals surface area contributed by atoms with E-state index in [1.165, 1.54) is 4.90 Å². The third-order valence-electron chi connectivity index (χ3n) is 5.49. The van der Waals surface area contributed by atoms with Crippen LogP contribution in [0.1, 0.15) is 38.7 Å². The molecular weight excluding hydrogens is 380 g/mol. The highest BCUT2D eigenvalue weighted by Gasteiger charge is 2.53. The largest absolute Gasteiger partial charge is 0.497 e. The highest BCUT2D eigenvalue weighted by molar-refractivity contribution is 6.10. The molecule has 30 heavy (non-hydrogen) atoms. The summed E-state index contributed by atoms with van der Waals surface area (Å²) >= 11 is 0. The SMILES string of the molecule is C=CCN(CC=C)C(=O)C[C@]1(c2ccc(OC)cc2)CC(=O)N(CCC(C)C)C1=O. The van der Waals surface area contributed by atoms with Crippen molar-refractivity contribution in [1.29, 1.82) is 0 Å². The van der Waals surface area contributed by atoms with Gasteiger partial charge >= 0.3 is 0 Å². The molecule has 1 aliphatic rings. The van der Waals surface area contributed by atoms with Crippen LogP contribution in [-0.4, -0.2) is 54.3 Å². The zero-order chi connectivity index (χ0) is 22.3. The van der Waals surface area contributed by atoms with E-state index < -0.39 is 5.41 Å². The molecule has 0 unspecified atom stereocenters. The van der Waals surface area contributed by atoms with E-state index in [0.29, 0.717) is 36.9 Å². The van der Waals surface area contributed by atoms with Gasteiger partial charge in [0.25, 0.3) is 0 Å². The molecule has 1 saturated heterocycles. The molecule has 0 aromatic heterocycles. The van der Waals surface area contributed by atoms with Gasteiger partial charge in [0, 0.05) is 32.5 Å². The molecule has 162 valence electrons. The molecule has 0 aliphatic carbocycles. The predicted octanol–water partition coefficient (Wildman–Crippen LogP) is 3.33. The van der Waals surface area contributed by atoms with E-state index in [2.05, 4.69) is 13.2 Å². The molecule has 1 fully saturated rings. The number of hydrogen-bond acceptors (Lipinski definition) is 4. The second kappa shape index (κ2) is 10.2. The van der Waals surface area contributed by atoms with Crippen LogP contribution in [0.15, 0.2) is 49.6 Å². The summed E-state index contributed by atoms with van der Waals surface area (Å²) in [6.07, 6.45) is 3.90. The number of nitrogens with zero attached hydrogens (tertiary/aromatic N) is 2. The fraction of sp³-hybridized carbons (Fsp3) is 0.458. The van der Waals surface area contributed by atoms with Gasteiger partial charge in [0.2, 0.25) is 17.7 Å². The Morgan fingerprint density at radius 1 is 1.20 bits per heavy atom. The molecule has 0 bridgehead atoms. The van der Waals surface area contributed by atoms with Gasteiger partial charge < -0.3 is 9.64 Å². The summed E-state index contributed by atoms with van der Waals surface area (Å²) < 4.78 is 5.22. The predicted molar refractivity (Wildman–Crippen MR) is 117 cm³/mol. The number of amides is 3. The summed E-state index contributed by atoms with van der Waals surface area (Å²) in [6.45, 7) is 12.6. The minimum absolute atomic E-state index is 0.0159. The van der Waals surface area contributed by atoms with Crippen LogP contribution in [0.4, 0.5) is 0 Å². The van der Waals surface area contributed by atoms with Gasteiger partial charge in [0.1, 0.15) is 5.75 Å². The van der Waals surface area contributed by atoms with Crippen molar-refractivity contribution in [3.8, 4) is 5.75 Å². The normalized spacial score (nSPS) is 18.6. The topological polar surface area (TPSA) is 66.9 Å². The second-order valence-corrected chi connectivity index (χ2v) is 8.07.